The summed E-state index contributed by atoms with van der Waals surface area (Å²) in [5.41, 5.74) is 1.81. The molecule has 0 spiro atoms. The lowest BCUT2D eigenvalue weighted by atomic mass is 9.94. The van der Waals surface area contributed by atoms with Crippen LogP contribution in [0.1, 0.15) is 13.8 Å². The lowest BCUT2D eigenvalue weighted by molar-refractivity contribution is -0.144. The molecule has 2 aromatic rings. The zero-order chi connectivity index (χ0) is 21.0. The van der Waals surface area contributed by atoms with Gasteiger partial charge < -0.3 is 14.6 Å². The fourth-order valence-corrected chi connectivity index (χ4v) is 4.71. The highest BCUT2D eigenvalue weighted by Crippen LogP contribution is 2.25. The number of aliphatic carboxylic acids is 1. The molecule has 2 aromatic heterocycles. The second-order valence-electron chi connectivity index (χ2n) is 7.31. The summed E-state index contributed by atoms with van der Waals surface area (Å²) >= 11 is -2.26. The molecule has 3 heterocycles. The molecule has 9 nitrogen and oxygen atoms in total. The number of hydrogen-bond acceptors (Lipinski definition) is 7. The van der Waals surface area contributed by atoms with Crippen molar-refractivity contribution in [2.45, 2.75) is 19.2 Å². The molecule has 29 heavy (non-hydrogen) atoms. The molecule has 10 heteroatoms. The number of aromatic nitrogens is 3. The summed E-state index contributed by atoms with van der Waals surface area (Å²) in [5.74, 6) is -1.64. The van der Waals surface area contributed by atoms with Crippen molar-refractivity contribution in [2.75, 3.05) is 31.1 Å². The lowest BCUT2D eigenvalue weighted by Gasteiger charge is -2.40. The number of carbonyl (C=O) groups is 1. The molecular weight excluding hydrogens is 394 g/mol. The van der Waals surface area contributed by atoms with Crippen LogP contribution in [0.3, 0.4) is 0 Å². The molecule has 156 valence electrons. The number of hydrogen-bond donors (Lipinski definition) is 2. The number of anilines is 1. The Kier molecular flexibility index (Phi) is 6.88. The third kappa shape index (κ3) is 4.95. The van der Waals surface area contributed by atoms with Crippen LogP contribution in [0.25, 0.3) is 11.1 Å². The van der Waals surface area contributed by atoms with Gasteiger partial charge in [0.25, 0.3) is 0 Å². The molecule has 0 amide bonds. The van der Waals surface area contributed by atoms with Gasteiger partial charge in [-0.05, 0) is 12.0 Å². The molecule has 3 unspecified atom stereocenters. The Morgan fingerprint density at radius 2 is 1.76 bits per heavy atom. The van der Waals surface area contributed by atoms with Crippen LogP contribution in [-0.2, 0) is 15.9 Å². The smallest absolute Gasteiger partial charge is 0.309 e. The molecule has 1 saturated heterocycles. The second kappa shape index (κ2) is 9.38. The number of piperazine rings is 1. The van der Waals surface area contributed by atoms with Gasteiger partial charge in [0.2, 0.25) is 5.95 Å². The van der Waals surface area contributed by atoms with Crippen LogP contribution in [-0.4, -0.2) is 71.2 Å². The first-order valence-electron chi connectivity index (χ1n) is 9.42. The molecule has 0 aromatic carbocycles. The third-order valence-electron chi connectivity index (χ3n) is 5.11. The van der Waals surface area contributed by atoms with E-state index in [2.05, 4.69) is 15.0 Å². The van der Waals surface area contributed by atoms with Crippen LogP contribution in [0.2, 0.25) is 0 Å². The maximum Gasteiger partial charge on any atom is 0.309 e. The van der Waals surface area contributed by atoms with E-state index in [0.29, 0.717) is 32.1 Å². The van der Waals surface area contributed by atoms with Crippen molar-refractivity contribution in [1.82, 2.24) is 19.9 Å². The van der Waals surface area contributed by atoms with Crippen LogP contribution < -0.4 is 4.90 Å². The van der Waals surface area contributed by atoms with Crippen molar-refractivity contribution in [2.24, 2.45) is 11.8 Å². The fraction of sp³-hybridized carbons (Fsp3) is 0.474. The van der Waals surface area contributed by atoms with Crippen molar-refractivity contribution in [1.29, 1.82) is 0 Å². The molecule has 1 aliphatic rings. The van der Waals surface area contributed by atoms with Gasteiger partial charge in [-0.25, -0.2) is 14.2 Å². The maximum absolute atomic E-state index is 11.9. The predicted molar refractivity (Wildman–Crippen MR) is 110 cm³/mol. The summed E-state index contributed by atoms with van der Waals surface area (Å²) < 4.78 is 21.7. The van der Waals surface area contributed by atoms with E-state index in [1.165, 1.54) is 0 Å². The SMILES string of the molecule is CC(C)C(C(=O)O)C(N1CCN(c2ncc(-c3cccnc3)cn2)CC1)S(=O)O. The van der Waals surface area contributed by atoms with E-state index >= 15 is 0 Å². The molecule has 0 saturated carbocycles. The van der Waals surface area contributed by atoms with Crippen LogP contribution in [0.15, 0.2) is 36.9 Å². The summed E-state index contributed by atoms with van der Waals surface area (Å²) in [6.45, 7) is 5.52. The van der Waals surface area contributed by atoms with Gasteiger partial charge in [0.1, 0.15) is 5.37 Å². The minimum atomic E-state index is -2.26. The van der Waals surface area contributed by atoms with E-state index in [-0.39, 0.29) is 5.92 Å². The van der Waals surface area contributed by atoms with E-state index in [9.17, 15) is 18.7 Å². The fourth-order valence-electron chi connectivity index (χ4n) is 3.56. The van der Waals surface area contributed by atoms with Crippen LogP contribution in [0.4, 0.5) is 5.95 Å². The van der Waals surface area contributed by atoms with Gasteiger partial charge in [-0.1, -0.05) is 19.9 Å². The van der Waals surface area contributed by atoms with Crippen molar-refractivity contribution in [3.8, 4) is 11.1 Å². The van der Waals surface area contributed by atoms with Crippen molar-refractivity contribution < 1.29 is 18.7 Å². The Hall–Kier alpha value is -2.43. The molecule has 0 aliphatic carbocycles. The molecule has 0 bridgehead atoms. The first-order valence-corrected chi connectivity index (χ1v) is 10.6. The Morgan fingerprint density at radius 1 is 1.10 bits per heavy atom. The van der Waals surface area contributed by atoms with Gasteiger partial charge >= 0.3 is 5.97 Å². The zero-order valence-electron chi connectivity index (χ0n) is 16.4. The summed E-state index contributed by atoms with van der Waals surface area (Å²) in [6, 6.07) is 3.79. The summed E-state index contributed by atoms with van der Waals surface area (Å²) in [6.07, 6.45) is 6.95. The third-order valence-corrected chi connectivity index (χ3v) is 6.11. The van der Waals surface area contributed by atoms with E-state index in [1.54, 1.807) is 43.5 Å². The molecule has 1 fully saturated rings. The Bertz CT molecular complexity index is 841. The Morgan fingerprint density at radius 3 is 2.24 bits per heavy atom. The molecule has 2 N–H and O–H groups in total. The van der Waals surface area contributed by atoms with E-state index in [0.717, 1.165) is 11.1 Å². The van der Waals surface area contributed by atoms with Gasteiger partial charge in [0.05, 0.1) is 5.92 Å². The Labute approximate surface area is 172 Å². The predicted octanol–water partition coefficient (Wildman–Crippen LogP) is 1.57. The molecule has 0 radical (unpaired) electrons. The van der Waals surface area contributed by atoms with Crippen molar-refractivity contribution >= 4 is 23.0 Å². The Balaban J connectivity index is 1.68. The average Bonchev–Trinajstić information content (AvgIpc) is 2.72. The number of pyridine rings is 1. The van der Waals surface area contributed by atoms with Gasteiger partial charge in [0, 0.05) is 62.1 Å². The van der Waals surface area contributed by atoms with E-state index in [1.807, 2.05) is 17.0 Å². The van der Waals surface area contributed by atoms with Crippen molar-refractivity contribution in [3.05, 3.63) is 36.9 Å². The van der Waals surface area contributed by atoms with Gasteiger partial charge in [-0.15, -0.1) is 0 Å². The monoisotopic (exact) mass is 419 g/mol. The number of carboxylic acids is 1. The number of carboxylic acid groups (broad SMARTS) is 1. The minimum Gasteiger partial charge on any atom is -0.481 e. The van der Waals surface area contributed by atoms with Gasteiger partial charge in [0.15, 0.2) is 11.1 Å². The van der Waals surface area contributed by atoms with Crippen molar-refractivity contribution in [3.63, 3.8) is 0 Å². The number of rotatable bonds is 7. The van der Waals surface area contributed by atoms with Crippen LogP contribution in [0.5, 0.6) is 0 Å². The number of nitrogens with zero attached hydrogens (tertiary/aromatic N) is 5. The van der Waals surface area contributed by atoms with E-state index < -0.39 is 28.3 Å². The first-order chi connectivity index (χ1) is 13.9. The highest BCUT2D eigenvalue weighted by atomic mass is 32.2. The maximum atomic E-state index is 11.9. The highest BCUT2D eigenvalue weighted by molar-refractivity contribution is 7.79. The average molecular weight is 420 g/mol. The summed E-state index contributed by atoms with van der Waals surface area (Å²) in [7, 11) is 0. The second-order valence-corrected chi connectivity index (χ2v) is 8.35. The lowest BCUT2D eigenvalue weighted by Crippen LogP contribution is -2.56. The quantitative estimate of drug-likeness (QED) is 0.644. The zero-order valence-corrected chi connectivity index (χ0v) is 17.2. The molecular formula is C19H25N5O4S. The molecule has 3 rings (SSSR count). The normalized spacial score (nSPS) is 18.4. The van der Waals surface area contributed by atoms with Crippen LogP contribution >= 0.6 is 0 Å². The largest absolute Gasteiger partial charge is 0.481 e. The topological polar surface area (TPSA) is 120 Å². The first kappa shape index (κ1) is 21.3. The molecule has 1 aliphatic heterocycles. The minimum absolute atomic E-state index is 0.255. The van der Waals surface area contributed by atoms with Gasteiger partial charge in [-0.2, -0.15) is 0 Å². The summed E-state index contributed by atoms with van der Waals surface area (Å²) in [4.78, 5) is 28.4. The van der Waals surface area contributed by atoms with E-state index in [4.69, 9.17) is 0 Å². The van der Waals surface area contributed by atoms with Gasteiger partial charge in [-0.3, -0.25) is 14.7 Å². The summed E-state index contributed by atoms with van der Waals surface area (Å²) in [5, 5.41) is 8.60. The highest BCUT2D eigenvalue weighted by Gasteiger charge is 2.40. The van der Waals surface area contributed by atoms with Crippen LogP contribution in [0, 0.1) is 11.8 Å². The standard InChI is InChI=1S/C19H25N5O4S/c1-13(2)16(18(25)26)17(29(27)28)23-6-8-24(9-7-23)19-21-11-15(12-22-19)14-4-3-5-20-10-14/h3-5,10-13,16-17H,6-9H2,1-2H3,(H,25,26)(H,27,28). The molecule has 3 atom stereocenters.